The summed E-state index contributed by atoms with van der Waals surface area (Å²) in [5, 5.41) is 8.42. The molecular weight excluding hydrogens is 218 g/mol. The number of benzene rings is 1. The van der Waals surface area contributed by atoms with Gasteiger partial charge in [0, 0.05) is 13.6 Å². The number of carbonyl (C=O) groups excluding carboxylic acids is 1. The van der Waals surface area contributed by atoms with Crippen LogP contribution in [0.3, 0.4) is 0 Å². The molecule has 1 aromatic rings. The largest absolute Gasteiger partial charge is 0.481 e. The molecule has 0 bridgehead atoms. The standard InChI is InChI=1S/C13H15NO3/c1-14(10-11-6-3-2-4-7-11)12(15)8-5-9-13(16)17/h2-8H,9-10H2,1H3,(H,16,17)/b8-5+. The number of amides is 1. The zero-order valence-corrected chi connectivity index (χ0v) is 9.67. The van der Waals surface area contributed by atoms with Gasteiger partial charge in [-0.3, -0.25) is 9.59 Å². The molecule has 0 heterocycles. The molecule has 1 amide bonds. The molecule has 0 fully saturated rings. The highest BCUT2D eigenvalue weighted by atomic mass is 16.4. The normalized spacial score (nSPS) is 10.4. The van der Waals surface area contributed by atoms with Crippen LogP contribution in [0.2, 0.25) is 0 Å². The van der Waals surface area contributed by atoms with Gasteiger partial charge in [-0.15, -0.1) is 0 Å². The highest BCUT2D eigenvalue weighted by Gasteiger charge is 2.05. The summed E-state index contributed by atoms with van der Waals surface area (Å²) in [5.74, 6) is -1.14. The van der Waals surface area contributed by atoms with Crippen LogP contribution in [0.15, 0.2) is 42.5 Å². The van der Waals surface area contributed by atoms with Crippen LogP contribution in [0, 0.1) is 0 Å². The number of rotatable bonds is 5. The summed E-state index contributed by atoms with van der Waals surface area (Å²) in [4.78, 5) is 23.4. The number of carboxylic acids is 1. The smallest absolute Gasteiger partial charge is 0.307 e. The second-order valence-corrected chi connectivity index (χ2v) is 3.68. The first kappa shape index (κ1) is 13.0. The van der Waals surface area contributed by atoms with E-state index in [4.69, 9.17) is 5.11 Å². The second kappa shape index (κ2) is 6.48. The molecule has 0 radical (unpaired) electrons. The van der Waals surface area contributed by atoms with Gasteiger partial charge in [0.25, 0.3) is 0 Å². The number of hydrogen-bond acceptors (Lipinski definition) is 2. The minimum Gasteiger partial charge on any atom is -0.481 e. The van der Waals surface area contributed by atoms with E-state index in [2.05, 4.69) is 0 Å². The van der Waals surface area contributed by atoms with E-state index in [1.165, 1.54) is 17.1 Å². The zero-order valence-electron chi connectivity index (χ0n) is 9.67. The first-order valence-corrected chi connectivity index (χ1v) is 5.27. The topological polar surface area (TPSA) is 57.6 Å². The summed E-state index contributed by atoms with van der Waals surface area (Å²) in [6, 6.07) is 9.61. The molecule has 0 spiro atoms. The fraction of sp³-hybridized carbons (Fsp3) is 0.231. The Morgan fingerprint density at radius 3 is 2.53 bits per heavy atom. The predicted octanol–water partition coefficient (Wildman–Crippen LogP) is 1.68. The van der Waals surface area contributed by atoms with Crippen molar-refractivity contribution in [2.45, 2.75) is 13.0 Å². The molecule has 1 aromatic carbocycles. The van der Waals surface area contributed by atoms with Crippen LogP contribution in [-0.2, 0) is 16.1 Å². The Kier molecular flexibility index (Phi) is 4.94. The number of carbonyl (C=O) groups is 2. The number of nitrogens with zero attached hydrogens (tertiary/aromatic N) is 1. The zero-order chi connectivity index (χ0) is 12.7. The van der Waals surface area contributed by atoms with Crippen molar-refractivity contribution >= 4 is 11.9 Å². The highest BCUT2D eigenvalue weighted by molar-refractivity contribution is 5.88. The van der Waals surface area contributed by atoms with Gasteiger partial charge in [0.05, 0.1) is 6.42 Å². The van der Waals surface area contributed by atoms with Crippen LogP contribution in [0.4, 0.5) is 0 Å². The van der Waals surface area contributed by atoms with Crippen LogP contribution in [0.25, 0.3) is 0 Å². The maximum atomic E-state index is 11.6. The van der Waals surface area contributed by atoms with E-state index in [-0.39, 0.29) is 12.3 Å². The van der Waals surface area contributed by atoms with Crippen molar-refractivity contribution in [2.24, 2.45) is 0 Å². The summed E-state index contributed by atoms with van der Waals surface area (Å²) in [6.45, 7) is 0.511. The lowest BCUT2D eigenvalue weighted by atomic mass is 10.2. The number of aliphatic carboxylic acids is 1. The Labute approximate surface area is 100 Å². The Bertz CT molecular complexity index is 412. The molecule has 17 heavy (non-hydrogen) atoms. The van der Waals surface area contributed by atoms with Crippen molar-refractivity contribution in [3.05, 3.63) is 48.0 Å². The molecular formula is C13H15NO3. The molecule has 90 valence electrons. The summed E-state index contributed by atoms with van der Waals surface area (Å²) in [6.07, 6.45) is 2.51. The van der Waals surface area contributed by atoms with Gasteiger partial charge >= 0.3 is 5.97 Å². The van der Waals surface area contributed by atoms with Gasteiger partial charge in [0.1, 0.15) is 0 Å². The molecule has 0 saturated carbocycles. The molecule has 0 aliphatic carbocycles. The second-order valence-electron chi connectivity index (χ2n) is 3.68. The molecule has 0 aromatic heterocycles. The first-order valence-electron chi connectivity index (χ1n) is 5.27. The fourth-order valence-corrected chi connectivity index (χ4v) is 1.32. The average molecular weight is 233 g/mol. The molecule has 0 aliphatic rings. The number of likely N-dealkylation sites (N-methyl/N-ethyl adjacent to an activating group) is 1. The molecule has 0 aliphatic heterocycles. The Morgan fingerprint density at radius 2 is 1.94 bits per heavy atom. The van der Waals surface area contributed by atoms with E-state index in [1.54, 1.807) is 7.05 Å². The SMILES string of the molecule is CN(Cc1ccccc1)C(=O)/C=C/CC(=O)O. The predicted molar refractivity (Wildman–Crippen MR) is 64.3 cm³/mol. The van der Waals surface area contributed by atoms with Crippen molar-refractivity contribution in [1.82, 2.24) is 4.90 Å². The molecule has 0 atom stereocenters. The van der Waals surface area contributed by atoms with E-state index in [0.29, 0.717) is 6.54 Å². The van der Waals surface area contributed by atoms with Crippen LogP contribution < -0.4 is 0 Å². The van der Waals surface area contributed by atoms with E-state index >= 15 is 0 Å². The molecule has 4 heteroatoms. The van der Waals surface area contributed by atoms with Gasteiger partial charge in [-0.05, 0) is 11.6 Å². The lowest BCUT2D eigenvalue weighted by Crippen LogP contribution is -2.24. The summed E-state index contributed by atoms with van der Waals surface area (Å²) in [7, 11) is 1.68. The summed E-state index contributed by atoms with van der Waals surface area (Å²) in [5.41, 5.74) is 1.04. The summed E-state index contributed by atoms with van der Waals surface area (Å²) >= 11 is 0. The molecule has 0 unspecified atom stereocenters. The Balaban J connectivity index is 2.47. The van der Waals surface area contributed by atoms with E-state index < -0.39 is 5.97 Å². The van der Waals surface area contributed by atoms with Crippen molar-refractivity contribution in [3.63, 3.8) is 0 Å². The van der Waals surface area contributed by atoms with Gasteiger partial charge in [-0.1, -0.05) is 36.4 Å². The third-order valence-corrected chi connectivity index (χ3v) is 2.19. The monoisotopic (exact) mass is 233 g/mol. The quantitative estimate of drug-likeness (QED) is 0.787. The van der Waals surface area contributed by atoms with Crippen LogP contribution in [-0.4, -0.2) is 28.9 Å². The summed E-state index contributed by atoms with van der Waals surface area (Å²) < 4.78 is 0. The average Bonchev–Trinajstić information content (AvgIpc) is 2.29. The van der Waals surface area contributed by atoms with Crippen LogP contribution in [0.5, 0.6) is 0 Å². The van der Waals surface area contributed by atoms with Crippen LogP contribution >= 0.6 is 0 Å². The van der Waals surface area contributed by atoms with Crippen molar-refractivity contribution in [2.75, 3.05) is 7.05 Å². The lowest BCUT2D eigenvalue weighted by molar-refractivity contribution is -0.136. The van der Waals surface area contributed by atoms with Gasteiger partial charge in [-0.2, -0.15) is 0 Å². The van der Waals surface area contributed by atoms with Gasteiger partial charge in [-0.25, -0.2) is 0 Å². The number of carboxylic acid groups (broad SMARTS) is 1. The van der Waals surface area contributed by atoms with Crippen molar-refractivity contribution < 1.29 is 14.7 Å². The van der Waals surface area contributed by atoms with Crippen LogP contribution in [0.1, 0.15) is 12.0 Å². The fourth-order valence-electron chi connectivity index (χ4n) is 1.32. The van der Waals surface area contributed by atoms with E-state index in [0.717, 1.165) is 5.56 Å². The Morgan fingerprint density at radius 1 is 1.29 bits per heavy atom. The van der Waals surface area contributed by atoms with Crippen molar-refractivity contribution in [1.29, 1.82) is 0 Å². The van der Waals surface area contributed by atoms with Gasteiger partial charge in [0.15, 0.2) is 0 Å². The maximum absolute atomic E-state index is 11.6. The maximum Gasteiger partial charge on any atom is 0.307 e. The first-order chi connectivity index (χ1) is 8.09. The molecule has 0 saturated heterocycles. The third-order valence-electron chi connectivity index (χ3n) is 2.19. The highest BCUT2D eigenvalue weighted by Crippen LogP contribution is 2.03. The minimum atomic E-state index is -0.945. The minimum absolute atomic E-state index is 0.134. The van der Waals surface area contributed by atoms with Gasteiger partial charge in [0.2, 0.25) is 5.91 Å². The van der Waals surface area contributed by atoms with Gasteiger partial charge < -0.3 is 10.0 Å². The van der Waals surface area contributed by atoms with Crippen molar-refractivity contribution in [3.8, 4) is 0 Å². The third kappa shape index (κ3) is 4.97. The molecule has 4 nitrogen and oxygen atoms in total. The molecule has 1 rings (SSSR count). The van der Waals surface area contributed by atoms with E-state index in [9.17, 15) is 9.59 Å². The Hall–Kier alpha value is -2.10. The van der Waals surface area contributed by atoms with E-state index in [1.807, 2.05) is 30.3 Å². The molecule has 1 N–H and O–H groups in total. The number of hydrogen-bond donors (Lipinski definition) is 1. The lowest BCUT2D eigenvalue weighted by Gasteiger charge is -2.14.